The lowest BCUT2D eigenvalue weighted by molar-refractivity contribution is -0.137. The van der Waals surface area contributed by atoms with E-state index in [1.807, 2.05) is 20.8 Å². The number of hydrogen-bond donors (Lipinski definition) is 2. The van der Waals surface area contributed by atoms with Crippen molar-refractivity contribution in [2.24, 2.45) is 11.3 Å². The minimum Gasteiger partial charge on any atom is -0.325 e. The van der Waals surface area contributed by atoms with E-state index in [0.29, 0.717) is 12.8 Å². The Labute approximate surface area is 166 Å². The lowest BCUT2D eigenvalue weighted by atomic mass is 9.64. The summed E-state index contributed by atoms with van der Waals surface area (Å²) in [6.07, 6.45) is -2.65. The van der Waals surface area contributed by atoms with Gasteiger partial charge in [0.25, 0.3) is 5.91 Å². The highest BCUT2D eigenvalue weighted by atomic mass is 19.4. The van der Waals surface area contributed by atoms with Gasteiger partial charge < -0.3 is 10.6 Å². The van der Waals surface area contributed by atoms with Crippen molar-refractivity contribution in [1.82, 2.24) is 10.2 Å². The van der Waals surface area contributed by atoms with Crippen LogP contribution in [0.1, 0.15) is 45.6 Å². The normalized spacial score (nSPS) is 26.6. The van der Waals surface area contributed by atoms with E-state index in [9.17, 15) is 27.6 Å². The third-order valence-electron chi connectivity index (χ3n) is 5.40. The number of halogens is 3. The summed E-state index contributed by atoms with van der Waals surface area (Å²) in [6.45, 7) is 5.53. The van der Waals surface area contributed by atoms with E-state index in [4.69, 9.17) is 0 Å². The van der Waals surface area contributed by atoms with Gasteiger partial charge in [0.15, 0.2) is 0 Å². The number of amides is 4. The van der Waals surface area contributed by atoms with Crippen LogP contribution in [0.5, 0.6) is 0 Å². The Balaban J connectivity index is 1.71. The molecular formula is C20H24F3N3O3. The number of carbonyl (C=O) groups is 3. The van der Waals surface area contributed by atoms with E-state index in [2.05, 4.69) is 10.6 Å². The molecule has 6 nitrogen and oxygen atoms in total. The molecular weight excluding hydrogens is 387 g/mol. The number of nitrogens with one attached hydrogen (secondary N) is 2. The number of nitrogens with zero attached hydrogens (tertiary/aromatic N) is 1. The van der Waals surface area contributed by atoms with Crippen LogP contribution in [0.25, 0.3) is 0 Å². The summed E-state index contributed by atoms with van der Waals surface area (Å²) in [5.41, 5.74) is -2.13. The number of carbonyl (C=O) groups excluding carboxylic acids is 3. The van der Waals surface area contributed by atoms with Crippen LogP contribution >= 0.6 is 0 Å². The van der Waals surface area contributed by atoms with Crippen LogP contribution in [0.15, 0.2) is 24.3 Å². The Hall–Kier alpha value is -2.58. The fraction of sp³-hybridized carbons (Fsp3) is 0.550. The van der Waals surface area contributed by atoms with Gasteiger partial charge in [-0.3, -0.25) is 14.5 Å². The maximum atomic E-state index is 13.0. The van der Waals surface area contributed by atoms with Gasteiger partial charge in [-0.2, -0.15) is 13.2 Å². The molecule has 158 valence electrons. The van der Waals surface area contributed by atoms with Crippen LogP contribution in [0.3, 0.4) is 0 Å². The van der Waals surface area contributed by atoms with E-state index in [0.717, 1.165) is 23.5 Å². The standard InChI is InChI=1S/C20H24F3N3O3/c1-12-8-18(2,3)11-19(9-12)16(28)26(17(29)25-19)10-15(27)24-14-6-4-5-13(7-14)20(21,22)23/h4-7,12H,8-11H2,1-3H3,(H,24,27)(H,25,29)/t12-,19+/m0/s1. The quantitative estimate of drug-likeness (QED) is 0.743. The van der Waals surface area contributed by atoms with E-state index >= 15 is 0 Å². The number of alkyl halides is 3. The molecule has 0 radical (unpaired) electrons. The highest BCUT2D eigenvalue weighted by Gasteiger charge is 2.56. The molecule has 1 saturated carbocycles. The summed E-state index contributed by atoms with van der Waals surface area (Å²) in [7, 11) is 0. The summed E-state index contributed by atoms with van der Waals surface area (Å²) >= 11 is 0. The van der Waals surface area contributed by atoms with Gasteiger partial charge >= 0.3 is 12.2 Å². The number of hydrogen-bond acceptors (Lipinski definition) is 3. The molecule has 1 saturated heterocycles. The summed E-state index contributed by atoms with van der Waals surface area (Å²) in [5, 5.41) is 5.09. The van der Waals surface area contributed by atoms with Crippen molar-refractivity contribution in [2.75, 3.05) is 11.9 Å². The van der Waals surface area contributed by atoms with Crippen LogP contribution in [-0.2, 0) is 15.8 Å². The average molecular weight is 411 g/mol. The Morgan fingerprint density at radius 3 is 2.59 bits per heavy atom. The first-order valence-corrected chi connectivity index (χ1v) is 9.43. The zero-order valence-electron chi connectivity index (χ0n) is 16.5. The molecule has 0 aromatic heterocycles. The van der Waals surface area contributed by atoms with Crippen molar-refractivity contribution >= 4 is 23.5 Å². The van der Waals surface area contributed by atoms with Crippen LogP contribution in [-0.4, -0.2) is 34.8 Å². The predicted molar refractivity (Wildman–Crippen MR) is 99.8 cm³/mol. The second kappa shape index (κ2) is 7.03. The lowest BCUT2D eigenvalue weighted by Crippen LogP contribution is -2.54. The third kappa shape index (κ3) is 4.38. The fourth-order valence-electron chi connectivity index (χ4n) is 4.77. The van der Waals surface area contributed by atoms with Crippen LogP contribution < -0.4 is 10.6 Å². The molecule has 1 aliphatic heterocycles. The van der Waals surface area contributed by atoms with Gasteiger partial charge in [0.05, 0.1) is 5.56 Å². The van der Waals surface area contributed by atoms with Crippen molar-refractivity contribution in [1.29, 1.82) is 0 Å². The van der Waals surface area contributed by atoms with Gasteiger partial charge in [0.1, 0.15) is 12.1 Å². The fourth-order valence-corrected chi connectivity index (χ4v) is 4.77. The first kappa shape index (κ1) is 21.1. The first-order valence-electron chi connectivity index (χ1n) is 9.43. The summed E-state index contributed by atoms with van der Waals surface area (Å²) in [5.74, 6) is -0.976. The molecule has 1 spiro atoms. The lowest BCUT2D eigenvalue weighted by Gasteiger charge is -2.43. The Morgan fingerprint density at radius 1 is 1.28 bits per heavy atom. The zero-order chi connectivity index (χ0) is 21.6. The maximum absolute atomic E-state index is 13.0. The van der Waals surface area contributed by atoms with E-state index in [-0.39, 0.29) is 17.0 Å². The summed E-state index contributed by atoms with van der Waals surface area (Å²) in [6, 6.07) is 3.52. The Kier molecular flexibility index (Phi) is 5.13. The summed E-state index contributed by atoms with van der Waals surface area (Å²) in [4.78, 5) is 38.6. The minimum absolute atomic E-state index is 0.0565. The van der Waals surface area contributed by atoms with Gasteiger partial charge in [-0.1, -0.05) is 26.8 Å². The second-order valence-electron chi connectivity index (χ2n) is 8.88. The van der Waals surface area contributed by atoms with Crippen molar-refractivity contribution in [3.63, 3.8) is 0 Å². The van der Waals surface area contributed by atoms with Gasteiger partial charge in [-0.15, -0.1) is 0 Å². The number of anilines is 1. The molecule has 2 fully saturated rings. The van der Waals surface area contributed by atoms with Crippen LogP contribution in [0, 0.1) is 11.3 Å². The zero-order valence-corrected chi connectivity index (χ0v) is 16.5. The molecule has 1 aliphatic carbocycles. The molecule has 4 amide bonds. The molecule has 29 heavy (non-hydrogen) atoms. The second-order valence-corrected chi connectivity index (χ2v) is 8.88. The average Bonchev–Trinajstić information content (AvgIpc) is 2.76. The predicted octanol–water partition coefficient (Wildman–Crippen LogP) is 3.78. The Morgan fingerprint density at radius 2 is 1.97 bits per heavy atom. The van der Waals surface area contributed by atoms with Crippen molar-refractivity contribution in [3.8, 4) is 0 Å². The van der Waals surface area contributed by atoms with Gasteiger partial charge in [-0.25, -0.2) is 4.79 Å². The minimum atomic E-state index is -4.54. The molecule has 2 aliphatic rings. The van der Waals surface area contributed by atoms with Gasteiger partial charge in [-0.05, 0) is 48.8 Å². The van der Waals surface area contributed by atoms with E-state index in [1.54, 1.807) is 0 Å². The molecule has 9 heteroatoms. The topological polar surface area (TPSA) is 78.5 Å². The van der Waals surface area contributed by atoms with Crippen molar-refractivity contribution in [3.05, 3.63) is 29.8 Å². The molecule has 2 atom stereocenters. The summed E-state index contributed by atoms with van der Waals surface area (Å²) < 4.78 is 38.4. The number of urea groups is 1. The molecule has 1 aromatic carbocycles. The smallest absolute Gasteiger partial charge is 0.325 e. The molecule has 1 heterocycles. The highest BCUT2D eigenvalue weighted by molar-refractivity contribution is 6.10. The first-order chi connectivity index (χ1) is 13.3. The van der Waals surface area contributed by atoms with E-state index in [1.165, 1.54) is 12.1 Å². The number of imide groups is 1. The van der Waals surface area contributed by atoms with Crippen molar-refractivity contribution < 1.29 is 27.6 Å². The van der Waals surface area contributed by atoms with Gasteiger partial charge in [0.2, 0.25) is 5.91 Å². The van der Waals surface area contributed by atoms with Gasteiger partial charge in [0, 0.05) is 5.69 Å². The molecule has 3 rings (SSSR count). The number of rotatable bonds is 3. The molecule has 1 aromatic rings. The van der Waals surface area contributed by atoms with Crippen LogP contribution in [0.2, 0.25) is 0 Å². The van der Waals surface area contributed by atoms with Crippen molar-refractivity contribution in [2.45, 2.75) is 51.7 Å². The number of benzene rings is 1. The Bertz CT molecular complexity index is 853. The highest BCUT2D eigenvalue weighted by Crippen LogP contribution is 2.46. The molecule has 0 bridgehead atoms. The third-order valence-corrected chi connectivity index (χ3v) is 5.40. The van der Waals surface area contributed by atoms with E-state index < -0.39 is 41.7 Å². The largest absolute Gasteiger partial charge is 0.416 e. The molecule has 0 unspecified atom stereocenters. The maximum Gasteiger partial charge on any atom is 0.416 e. The SMILES string of the molecule is C[C@H]1CC(C)(C)C[C@@]2(C1)NC(=O)N(CC(=O)Nc1cccc(C(F)(F)F)c1)C2=O. The molecule has 2 N–H and O–H groups in total. The monoisotopic (exact) mass is 411 g/mol. The van der Waals surface area contributed by atoms with Crippen LogP contribution in [0.4, 0.5) is 23.7 Å².